The number of carbonyl (C=O) groups is 1. The fourth-order valence-corrected chi connectivity index (χ4v) is 4.76. The summed E-state index contributed by atoms with van der Waals surface area (Å²) < 4.78 is 12.9. The minimum atomic E-state index is -0.259. The molecule has 1 aliphatic carbocycles. The van der Waals surface area contributed by atoms with Crippen molar-refractivity contribution in [2.75, 3.05) is 12.8 Å². The molecule has 6 heteroatoms. The van der Waals surface area contributed by atoms with Crippen molar-refractivity contribution < 1.29 is 9.18 Å². The van der Waals surface area contributed by atoms with Gasteiger partial charge in [0.25, 0.3) is 0 Å². The van der Waals surface area contributed by atoms with Gasteiger partial charge in [-0.25, -0.2) is 4.39 Å². The zero-order valence-electron chi connectivity index (χ0n) is 15.4. The maximum Gasteiger partial charge on any atom is 0.222 e. The number of benzene rings is 1. The number of amides is 1. The number of nitrogens with one attached hydrogen (secondary N) is 1. The highest BCUT2D eigenvalue weighted by atomic mass is 32.2. The van der Waals surface area contributed by atoms with Crippen LogP contribution in [0.15, 0.2) is 29.3 Å². The Hall–Kier alpha value is -1.56. The smallest absolute Gasteiger partial charge is 0.222 e. The number of aliphatic imine (C=N–C) groups is 1. The van der Waals surface area contributed by atoms with Crippen LogP contribution in [0.2, 0.25) is 0 Å². The molecule has 1 aromatic carbocycles. The van der Waals surface area contributed by atoms with Crippen molar-refractivity contribution >= 4 is 22.8 Å². The van der Waals surface area contributed by atoms with Crippen LogP contribution in [0.5, 0.6) is 0 Å². The molecule has 0 radical (unpaired) electrons. The second-order valence-corrected chi connectivity index (χ2v) is 8.23. The molecule has 1 aliphatic heterocycles. The molecule has 1 saturated carbocycles. The second kappa shape index (κ2) is 9.40. The normalized spacial score (nSPS) is 23.2. The van der Waals surface area contributed by atoms with Crippen LogP contribution in [0.25, 0.3) is 0 Å². The Morgan fingerprint density at radius 3 is 2.62 bits per heavy atom. The number of halogens is 1. The molecule has 2 aliphatic rings. The van der Waals surface area contributed by atoms with E-state index in [1.165, 1.54) is 50.7 Å². The number of rotatable bonds is 5. The first-order valence-corrected chi connectivity index (χ1v) is 10.5. The molecule has 1 heterocycles. The maximum absolute atomic E-state index is 12.9. The van der Waals surface area contributed by atoms with Crippen LogP contribution in [0.1, 0.15) is 50.5 Å². The number of hydrogen-bond acceptors (Lipinski definition) is 3. The van der Waals surface area contributed by atoms with Gasteiger partial charge in [0, 0.05) is 31.8 Å². The van der Waals surface area contributed by atoms with Gasteiger partial charge in [0.05, 0.1) is 6.04 Å². The van der Waals surface area contributed by atoms with Crippen molar-refractivity contribution in [3.63, 3.8) is 0 Å². The highest BCUT2D eigenvalue weighted by Crippen LogP contribution is 2.27. The van der Waals surface area contributed by atoms with Gasteiger partial charge in [-0.1, -0.05) is 49.6 Å². The van der Waals surface area contributed by atoms with Crippen LogP contribution < -0.4 is 5.32 Å². The van der Waals surface area contributed by atoms with Crippen molar-refractivity contribution in [2.45, 2.75) is 63.6 Å². The number of carbonyl (C=O) groups excluding carboxylic acids is 1. The van der Waals surface area contributed by atoms with Crippen molar-refractivity contribution in [2.24, 2.45) is 4.99 Å². The standard InChI is InChI=1S/C20H28FN3OS/c1-24-18(12-19(25)22-13-15-8-10-16(21)11-9-15)14-26-20(24)23-17-6-4-2-3-5-7-17/h8-11,17-18H,2-7,12-14H2,1H3,(H,22,25). The highest BCUT2D eigenvalue weighted by Gasteiger charge is 2.29. The summed E-state index contributed by atoms with van der Waals surface area (Å²) in [6.07, 6.45) is 8.09. The molecule has 1 saturated heterocycles. The average molecular weight is 378 g/mol. The van der Waals surface area contributed by atoms with Gasteiger partial charge in [-0.2, -0.15) is 0 Å². The lowest BCUT2D eigenvalue weighted by Crippen LogP contribution is -2.36. The van der Waals surface area contributed by atoms with E-state index in [4.69, 9.17) is 4.99 Å². The van der Waals surface area contributed by atoms with E-state index in [0.29, 0.717) is 19.0 Å². The molecule has 2 fully saturated rings. The Balaban J connectivity index is 1.47. The van der Waals surface area contributed by atoms with E-state index in [9.17, 15) is 9.18 Å². The molecule has 0 aromatic heterocycles. The van der Waals surface area contributed by atoms with Gasteiger partial charge in [-0.3, -0.25) is 9.79 Å². The minimum absolute atomic E-state index is 0.0301. The Labute approximate surface area is 159 Å². The highest BCUT2D eigenvalue weighted by molar-refractivity contribution is 8.14. The zero-order valence-corrected chi connectivity index (χ0v) is 16.2. The lowest BCUT2D eigenvalue weighted by molar-refractivity contribution is -0.121. The van der Waals surface area contributed by atoms with Crippen LogP contribution in [-0.4, -0.2) is 40.9 Å². The number of thioether (sulfide) groups is 1. The summed E-state index contributed by atoms with van der Waals surface area (Å²) in [6.45, 7) is 0.436. The molecule has 3 rings (SSSR count). The summed E-state index contributed by atoms with van der Waals surface area (Å²) in [4.78, 5) is 19.4. The maximum atomic E-state index is 12.9. The molecule has 142 valence electrons. The molecule has 4 nitrogen and oxygen atoms in total. The second-order valence-electron chi connectivity index (χ2n) is 7.24. The molecule has 0 spiro atoms. The minimum Gasteiger partial charge on any atom is -0.352 e. The third-order valence-corrected chi connectivity index (χ3v) is 6.40. The van der Waals surface area contributed by atoms with E-state index in [-0.39, 0.29) is 17.8 Å². The van der Waals surface area contributed by atoms with Gasteiger partial charge >= 0.3 is 0 Å². The summed E-state index contributed by atoms with van der Waals surface area (Å²) in [5, 5.41) is 4.02. The summed E-state index contributed by atoms with van der Waals surface area (Å²) >= 11 is 1.77. The third-order valence-electron chi connectivity index (χ3n) is 5.20. The first kappa shape index (κ1) is 19.2. The van der Waals surface area contributed by atoms with Gasteiger partial charge < -0.3 is 10.2 Å². The van der Waals surface area contributed by atoms with E-state index in [2.05, 4.69) is 10.2 Å². The molecular formula is C20H28FN3OS. The van der Waals surface area contributed by atoms with Crippen LogP contribution >= 0.6 is 11.8 Å². The topological polar surface area (TPSA) is 44.7 Å². The lowest BCUT2D eigenvalue weighted by atomic mass is 10.1. The molecular weight excluding hydrogens is 349 g/mol. The van der Waals surface area contributed by atoms with Crippen molar-refractivity contribution in [3.05, 3.63) is 35.6 Å². The largest absolute Gasteiger partial charge is 0.352 e. The predicted molar refractivity (Wildman–Crippen MR) is 106 cm³/mol. The number of hydrogen-bond donors (Lipinski definition) is 1. The monoisotopic (exact) mass is 377 g/mol. The molecule has 0 bridgehead atoms. The Kier molecular flexibility index (Phi) is 6.94. The SMILES string of the molecule is CN1C(=NC2CCCCCC2)SCC1CC(=O)NCc1ccc(F)cc1. The number of amidine groups is 1. The predicted octanol–water partition coefficient (Wildman–Crippen LogP) is 3.96. The average Bonchev–Trinajstić information content (AvgIpc) is 2.84. The number of nitrogens with zero attached hydrogens (tertiary/aromatic N) is 2. The Bertz CT molecular complexity index is 626. The first-order chi connectivity index (χ1) is 12.6. The van der Waals surface area contributed by atoms with Crippen molar-refractivity contribution in [1.29, 1.82) is 0 Å². The molecule has 1 amide bonds. The Morgan fingerprint density at radius 2 is 1.92 bits per heavy atom. The van der Waals surface area contributed by atoms with E-state index < -0.39 is 0 Å². The van der Waals surface area contributed by atoms with E-state index in [1.807, 2.05) is 7.05 Å². The Morgan fingerprint density at radius 1 is 1.23 bits per heavy atom. The first-order valence-electron chi connectivity index (χ1n) is 9.56. The lowest BCUT2D eigenvalue weighted by Gasteiger charge is -2.21. The van der Waals surface area contributed by atoms with Crippen molar-refractivity contribution in [1.82, 2.24) is 10.2 Å². The quantitative estimate of drug-likeness (QED) is 0.790. The fourth-order valence-electron chi connectivity index (χ4n) is 3.50. The van der Waals surface area contributed by atoms with Gasteiger partial charge in [-0.05, 0) is 30.5 Å². The van der Waals surface area contributed by atoms with Gasteiger partial charge in [0.2, 0.25) is 5.91 Å². The molecule has 1 unspecified atom stereocenters. The van der Waals surface area contributed by atoms with Gasteiger partial charge in [0.1, 0.15) is 5.82 Å². The van der Waals surface area contributed by atoms with E-state index in [0.717, 1.165) is 16.5 Å². The summed E-state index contributed by atoms with van der Waals surface area (Å²) in [5.74, 6) is 0.680. The molecule has 1 aromatic rings. The third kappa shape index (κ3) is 5.47. The fraction of sp³-hybridized carbons (Fsp3) is 0.600. The summed E-state index contributed by atoms with van der Waals surface area (Å²) in [5.41, 5.74) is 0.907. The van der Waals surface area contributed by atoms with Gasteiger partial charge in [-0.15, -0.1) is 0 Å². The molecule has 1 atom stereocenters. The van der Waals surface area contributed by atoms with Crippen LogP contribution in [0, 0.1) is 5.82 Å². The molecule has 1 N–H and O–H groups in total. The van der Waals surface area contributed by atoms with Gasteiger partial charge in [0.15, 0.2) is 5.17 Å². The molecule has 26 heavy (non-hydrogen) atoms. The summed E-state index contributed by atoms with van der Waals surface area (Å²) in [7, 11) is 2.05. The van der Waals surface area contributed by atoms with Crippen LogP contribution in [-0.2, 0) is 11.3 Å². The van der Waals surface area contributed by atoms with Crippen molar-refractivity contribution in [3.8, 4) is 0 Å². The van der Waals surface area contributed by atoms with E-state index in [1.54, 1.807) is 23.9 Å². The summed E-state index contributed by atoms with van der Waals surface area (Å²) in [6, 6.07) is 6.87. The van der Waals surface area contributed by atoms with Crippen LogP contribution in [0.4, 0.5) is 4.39 Å². The zero-order chi connectivity index (χ0) is 18.4. The van der Waals surface area contributed by atoms with E-state index >= 15 is 0 Å². The van der Waals surface area contributed by atoms with Crippen LogP contribution in [0.3, 0.4) is 0 Å².